The predicted molar refractivity (Wildman–Crippen MR) is 125 cm³/mol. The van der Waals surface area contributed by atoms with Gasteiger partial charge >= 0.3 is 0 Å². The van der Waals surface area contributed by atoms with Crippen LogP contribution in [-0.4, -0.2) is 48.5 Å². The molecule has 8 nitrogen and oxygen atoms in total. The van der Waals surface area contributed by atoms with Crippen LogP contribution in [0.25, 0.3) is 11.0 Å². The van der Waals surface area contributed by atoms with E-state index in [2.05, 4.69) is 27.0 Å². The highest BCUT2D eigenvalue weighted by Gasteiger charge is 2.21. The van der Waals surface area contributed by atoms with Crippen LogP contribution < -0.4 is 5.73 Å². The number of aromatic hydroxyl groups is 1. The van der Waals surface area contributed by atoms with Crippen LogP contribution in [0.15, 0.2) is 61.4 Å². The largest absolute Gasteiger partial charge is 0.507 e. The molecule has 0 bridgehead atoms. The van der Waals surface area contributed by atoms with Gasteiger partial charge in [0, 0.05) is 48.8 Å². The van der Waals surface area contributed by atoms with Crippen molar-refractivity contribution in [3.05, 3.63) is 83.7 Å². The van der Waals surface area contributed by atoms with Crippen LogP contribution in [0.2, 0.25) is 0 Å². The average molecular weight is 443 g/mol. The molecule has 168 valence electrons. The second-order valence-electron chi connectivity index (χ2n) is 8.64. The highest BCUT2D eigenvalue weighted by Crippen LogP contribution is 2.30. The van der Waals surface area contributed by atoms with Crippen molar-refractivity contribution in [2.75, 3.05) is 13.1 Å². The Balaban J connectivity index is 1.26. The van der Waals surface area contributed by atoms with Crippen molar-refractivity contribution in [1.82, 2.24) is 24.4 Å². The summed E-state index contributed by atoms with van der Waals surface area (Å²) in [5.74, 6) is -0.232. The van der Waals surface area contributed by atoms with Gasteiger partial charge in [-0.25, -0.2) is 15.0 Å². The number of hydrogen-bond donors (Lipinski definition) is 2. The predicted octanol–water partition coefficient (Wildman–Crippen LogP) is 3.06. The van der Waals surface area contributed by atoms with Crippen LogP contribution in [0, 0.1) is 0 Å². The number of fused-ring (bicyclic) bond motifs is 1. The van der Waals surface area contributed by atoms with Crippen molar-refractivity contribution in [2.24, 2.45) is 5.73 Å². The molecule has 4 aromatic rings. The van der Waals surface area contributed by atoms with E-state index in [1.807, 2.05) is 29.4 Å². The first-order valence-electron chi connectivity index (χ1n) is 11.1. The highest BCUT2D eigenvalue weighted by molar-refractivity contribution is 5.95. The summed E-state index contributed by atoms with van der Waals surface area (Å²) < 4.78 is 2.04. The molecular weight excluding hydrogens is 416 g/mol. The van der Waals surface area contributed by atoms with Gasteiger partial charge in [0.05, 0.1) is 5.56 Å². The van der Waals surface area contributed by atoms with Gasteiger partial charge in [0.1, 0.15) is 17.7 Å². The second-order valence-corrected chi connectivity index (χ2v) is 8.64. The summed E-state index contributed by atoms with van der Waals surface area (Å²) in [5, 5.41) is 11.2. The zero-order chi connectivity index (χ0) is 22.8. The molecule has 0 spiro atoms. The van der Waals surface area contributed by atoms with Crippen LogP contribution in [0.1, 0.15) is 45.8 Å². The van der Waals surface area contributed by atoms with Crippen LogP contribution >= 0.6 is 0 Å². The van der Waals surface area contributed by atoms with E-state index in [0.29, 0.717) is 12.5 Å². The monoisotopic (exact) mass is 442 g/mol. The molecule has 0 aliphatic carbocycles. The van der Waals surface area contributed by atoms with E-state index in [9.17, 15) is 9.90 Å². The third-order valence-corrected chi connectivity index (χ3v) is 6.38. The van der Waals surface area contributed by atoms with E-state index in [1.165, 1.54) is 5.56 Å². The Bertz CT molecular complexity index is 1280. The molecule has 4 heterocycles. The Morgan fingerprint density at radius 3 is 2.55 bits per heavy atom. The lowest BCUT2D eigenvalue weighted by Gasteiger charge is -2.32. The number of likely N-dealkylation sites (tertiary alicyclic amines) is 1. The summed E-state index contributed by atoms with van der Waals surface area (Å²) in [5.41, 5.74) is 9.61. The zero-order valence-electron chi connectivity index (χ0n) is 18.3. The van der Waals surface area contributed by atoms with Gasteiger partial charge < -0.3 is 15.4 Å². The van der Waals surface area contributed by atoms with E-state index in [4.69, 9.17) is 10.7 Å². The first-order valence-corrected chi connectivity index (χ1v) is 11.1. The summed E-state index contributed by atoms with van der Waals surface area (Å²) >= 11 is 0. The Labute approximate surface area is 191 Å². The number of carbonyl (C=O) groups is 1. The fourth-order valence-corrected chi connectivity index (χ4v) is 4.62. The van der Waals surface area contributed by atoms with E-state index in [-0.39, 0.29) is 11.3 Å². The molecule has 8 heteroatoms. The molecule has 3 N–H and O–H groups in total. The summed E-state index contributed by atoms with van der Waals surface area (Å²) in [7, 11) is 0. The molecule has 0 atom stereocenters. The van der Waals surface area contributed by atoms with Crippen molar-refractivity contribution in [3.8, 4) is 5.75 Å². The first kappa shape index (κ1) is 21.1. The number of phenols is 1. The maximum atomic E-state index is 11.3. The van der Waals surface area contributed by atoms with Gasteiger partial charge in [0.2, 0.25) is 0 Å². The minimum Gasteiger partial charge on any atom is -0.507 e. The third-order valence-electron chi connectivity index (χ3n) is 6.38. The third kappa shape index (κ3) is 4.56. The summed E-state index contributed by atoms with van der Waals surface area (Å²) in [4.78, 5) is 26.8. The van der Waals surface area contributed by atoms with E-state index >= 15 is 0 Å². The molecule has 0 radical (unpaired) electrons. The molecule has 33 heavy (non-hydrogen) atoms. The minimum atomic E-state index is -0.639. The number of aromatic nitrogens is 4. The van der Waals surface area contributed by atoms with Crippen LogP contribution in [0.3, 0.4) is 0 Å². The Hall–Kier alpha value is -3.78. The molecule has 1 aromatic carbocycles. The summed E-state index contributed by atoms with van der Waals surface area (Å²) in [6.45, 7) is 3.53. The molecular formula is C25H26N6O2. The maximum Gasteiger partial charge on any atom is 0.252 e. The molecule has 0 unspecified atom stereocenters. The van der Waals surface area contributed by atoms with Gasteiger partial charge in [0.15, 0.2) is 0 Å². The number of amides is 1. The fraction of sp³-hybridized carbons (Fsp3) is 0.280. The SMILES string of the molecule is NC(=O)c1ccc(Cn2ccc3cc(C4CCN(Cc5cncnc5)CC4)cnc32)cc1O. The molecule has 1 amide bonds. The quantitative estimate of drug-likeness (QED) is 0.475. The number of carbonyl (C=O) groups excluding carboxylic acids is 1. The molecule has 3 aromatic heterocycles. The number of piperidine rings is 1. The number of rotatable bonds is 6. The van der Waals surface area contributed by atoms with Gasteiger partial charge in [-0.05, 0) is 67.2 Å². The maximum absolute atomic E-state index is 11.3. The lowest BCUT2D eigenvalue weighted by Crippen LogP contribution is -2.32. The van der Waals surface area contributed by atoms with Crippen molar-refractivity contribution in [2.45, 2.75) is 31.8 Å². The number of hydrogen-bond acceptors (Lipinski definition) is 6. The molecule has 1 aliphatic heterocycles. The average Bonchev–Trinajstić information content (AvgIpc) is 3.22. The van der Waals surface area contributed by atoms with Crippen LogP contribution in [0.5, 0.6) is 5.75 Å². The molecule has 1 saturated heterocycles. The number of nitrogens with zero attached hydrogens (tertiary/aromatic N) is 5. The zero-order valence-corrected chi connectivity index (χ0v) is 18.3. The van der Waals surface area contributed by atoms with Gasteiger partial charge in [-0.3, -0.25) is 9.69 Å². The number of pyridine rings is 1. The van der Waals surface area contributed by atoms with Gasteiger partial charge in [-0.2, -0.15) is 0 Å². The highest BCUT2D eigenvalue weighted by atomic mass is 16.3. The van der Waals surface area contributed by atoms with E-state index in [0.717, 1.165) is 54.6 Å². The number of benzene rings is 1. The van der Waals surface area contributed by atoms with Gasteiger partial charge in [-0.15, -0.1) is 0 Å². The Kier molecular flexibility index (Phi) is 5.75. The lowest BCUT2D eigenvalue weighted by atomic mass is 9.90. The second kappa shape index (κ2) is 8.99. The molecule has 1 fully saturated rings. The van der Waals surface area contributed by atoms with Crippen molar-refractivity contribution < 1.29 is 9.90 Å². The minimum absolute atomic E-state index is 0.0992. The van der Waals surface area contributed by atoms with Crippen LogP contribution in [0.4, 0.5) is 0 Å². The van der Waals surface area contributed by atoms with Crippen molar-refractivity contribution in [3.63, 3.8) is 0 Å². The molecule has 5 rings (SSSR count). The summed E-state index contributed by atoms with van der Waals surface area (Å²) in [6, 6.07) is 9.26. The standard InChI is InChI=1S/C25H26N6O2/c26-24(33)22-2-1-17(9-23(22)32)15-31-8-5-20-10-21(13-29-25(20)31)19-3-6-30(7-4-19)14-18-11-27-16-28-12-18/h1-2,5,8-13,16,19,32H,3-4,6-7,14-15H2,(H2,26,33). The van der Waals surface area contributed by atoms with E-state index in [1.54, 1.807) is 24.5 Å². The molecule has 1 aliphatic rings. The van der Waals surface area contributed by atoms with Gasteiger partial charge in [0.25, 0.3) is 5.91 Å². The van der Waals surface area contributed by atoms with E-state index < -0.39 is 5.91 Å². The number of nitrogens with two attached hydrogens (primary N) is 1. The van der Waals surface area contributed by atoms with Crippen LogP contribution in [-0.2, 0) is 13.1 Å². The Morgan fingerprint density at radius 1 is 1.03 bits per heavy atom. The number of primary amides is 1. The summed E-state index contributed by atoms with van der Waals surface area (Å²) in [6.07, 6.45) is 11.5. The Morgan fingerprint density at radius 2 is 1.82 bits per heavy atom. The van der Waals surface area contributed by atoms with Gasteiger partial charge in [-0.1, -0.05) is 6.07 Å². The molecule has 0 saturated carbocycles. The lowest BCUT2D eigenvalue weighted by molar-refractivity contribution is 0.0997. The van der Waals surface area contributed by atoms with Crippen molar-refractivity contribution in [1.29, 1.82) is 0 Å². The first-order chi connectivity index (χ1) is 16.1. The normalized spacial score (nSPS) is 15.2. The fourth-order valence-electron chi connectivity index (χ4n) is 4.62. The smallest absolute Gasteiger partial charge is 0.252 e. The topological polar surface area (TPSA) is 110 Å². The van der Waals surface area contributed by atoms with Crippen molar-refractivity contribution >= 4 is 16.9 Å².